The van der Waals surface area contributed by atoms with Crippen LogP contribution in [0.5, 0.6) is 0 Å². The van der Waals surface area contributed by atoms with Crippen molar-refractivity contribution >= 4 is 51.3 Å². The van der Waals surface area contributed by atoms with Crippen molar-refractivity contribution in [1.29, 1.82) is 0 Å². The third-order valence-corrected chi connectivity index (χ3v) is 9.97. The SMILES string of the molecule is C=CS(=O)(=O)CC(CS(=O)(=O)C=C)OC(=O)c1ccc(C(=O)OC(CS(=O)(=O)C=C)CS(=O)(=O)C=C)cc1. The van der Waals surface area contributed by atoms with Gasteiger partial charge in [-0.15, -0.1) is 0 Å². The molecule has 38 heavy (non-hydrogen) atoms. The van der Waals surface area contributed by atoms with E-state index in [4.69, 9.17) is 9.47 Å². The van der Waals surface area contributed by atoms with E-state index >= 15 is 0 Å². The van der Waals surface area contributed by atoms with Gasteiger partial charge in [-0.3, -0.25) is 0 Å². The van der Waals surface area contributed by atoms with Gasteiger partial charge in [0, 0.05) is 21.6 Å². The molecule has 0 aromatic heterocycles. The van der Waals surface area contributed by atoms with Crippen LogP contribution in [0.25, 0.3) is 0 Å². The molecule has 0 spiro atoms. The summed E-state index contributed by atoms with van der Waals surface area (Å²) in [5, 5.41) is 2.34. The van der Waals surface area contributed by atoms with Crippen molar-refractivity contribution < 1.29 is 52.7 Å². The summed E-state index contributed by atoms with van der Waals surface area (Å²) in [5.41, 5.74) is -0.392. The Balaban J connectivity index is 3.12. The Hall–Kier alpha value is -3.08. The lowest BCUT2D eigenvalue weighted by Crippen LogP contribution is -2.32. The highest BCUT2D eigenvalue weighted by Gasteiger charge is 2.28. The van der Waals surface area contributed by atoms with Crippen LogP contribution in [0.1, 0.15) is 20.7 Å². The molecule has 0 aliphatic rings. The van der Waals surface area contributed by atoms with Crippen molar-refractivity contribution in [2.24, 2.45) is 0 Å². The normalized spacial score (nSPS) is 12.5. The van der Waals surface area contributed by atoms with Crippen LogP contribution in [-0.4, -0.2) is 80.8 Å². The molecule has 1 aromatic rings. The molecule has 0 saturated heterocycles. The van der Waals surface area contributed by atoms with Gasteiger partial charge in [0.1, 0.15) is 12.2 Å². The fourth-order valence-corrected chi connectivity index (χ4v) is 6.38. The quantitative estimate of drug-likeness (QED) is 0.242. The van der Waals surface area contributed by atoms with E-state index in [0.29, 0.717) is 21.6 Å². The fraction of sp³-hybridized carbons (Fsp3) is 0.273. The van der Waals surface area contributed by atoms with Crippen molar-refractivity contribution in [3.63, 3.8) is 0 Å². The number of sulfone groups is 4. The van der Waals surface area contributed by atoms with E-state index in [-0.39, 0.29) is 11.1 Å². The van der Waals surface area contributed by atoms with Crippen molar-refractivity contribution in [3.8, 4) is 0 Å². The molecule has 0 heterocycles. The molecule has 0 saturated carbocycles. The Bertz CT molecular complexity index is 1320. The third kappa shape index (κ3) is 11.1. The van der Waals surface area contributed by atoms with Gasteiger partial charge in [0.05, 0.1) is 34.1 Å². The summed E-state index contributed by atoms with van der Waals surface area (Å²) in [5.74, 6) is -5.66. The summed E-state index contributed by atoms with van der Waals surface area (Å²) in [6.45, 7) is 12.5. The van der Waals surface area contributed by atoms with Crippen LogP contribution in [0.2, 0.25) is 0 Å². The van der Waals surface area contributed by atoms with Crippen LogP contribution in [0, 0.1) is 0 Å². The smallest absolute Gasteiger partial charge is 0.338 e. The Morgan fingerprint density at radius 3 is 0.947 bits per heavy atom. The Labute approximate surface area is 222 Å². The maximum Gasteiger partial charge on any atom is 0.338 e. The lowest BCUT2D eigenvalue weighted by Gasteiger charge is -2.17. The number of hydrogen-bond donors (Lipinski definition) is 0. The molecule has 0 aliphatic carbocycles. The highest BCUT2D eigenvalue weighted by atomic mass is 32.2. The minimum Gasteiger partial charge on any atom is -0.457 e. The Kier molecular flexibility index (Phi) is 11.4. The molecule has 0 bridgehead atoms. The van der Waals surface area contributed by atoms with Crippen LogP contribution in [0.15, 0.2) is 72.2 Å². The second-order valence-electron chi connectivity index (χ2n) is 7.62. The molecule has 0 radical (unpaired) electrons. The molecule has 0 unspecified atom stereocenters. The van der Waals surface area contributed by atoms with Gasteiger partial charge in [0.25, 0.3) is 0 Å². The zero-order chi connectivity index (χ0) is 29.4. The van der Waals surface area contributed by atoms with Gasteiger partial charge in [0.2, 0.25) is 0 Å². The number of benzene rings is 1. The van der Waals surface area contributed by atoms with Crippen LogP contribution in [0.3, 0.4) is 0 Å². The van der Waals surface area contributed by atoms with E-state index in [1.807, 2.05) is 0 Å². The maximum absolute atomic E-state index is 12.5. The molecule has 0 N–H and O–H groups in total. The summed E-state index contributed by atoms with van der Waals surface area (Å²) in [6, 6.07) is 4.32. The summed E-state index contributed by atoms with van der Waals surface area (Å²) in [4.78, 5) is 25.0. The first kappa shape index (κ1) is 32.9. The van der Waals surface area contributed by atoms with Gasteiger partial charge in [-0.2, -0.15) is 0 Å². The number of carbonyl (C=O) groups is 2. The van der Waals surface area contributed by atoms with E-state index in [9.17, 15) is 43.3 Å². The van der Waals surface area contributed by atoms with Crippen LogP contribution < -0.4 is 0 Å². The Morgan fingerprint density at radius 1 is 0.553 bits per heavy atom. The standard InChI is InChI=1S/C22H26O12S4/c1-5-35(25,26)13-19(14-36(27,28)6-2)33-21(23)17-9-11-18(12-10-17)22(24)34-20(15-37(29,30)7-3)16-38(31,32)8-4/h5-12,19-20H,1-4,13-16H2. The number of hydrogen-bond acceptors (Lipinski definition) is 12. The van der Waals surface area contributed by atoms with E-state index < -0.39 is 86.5 Å². The van der Waals surface area contributed by atoms with Crippen molar-refractivity contribution in [2.45, 2.75) is 12.2 Å². The van der Waals surface area contributed by atoms with Crippen molar-refractivity contribution in [2.75, 3.05) is 23.0 Å². The first-order chi connectivity index (χ1) is 17.4. The predicted octanol–water partition coefficient (Wildman–Crippen LogP) is 0.971. The van der Waals surface area contributed by atoms with E-state index in [2.05, 4.69) is 26.3 Å². The molecule has 12 nitrogen and oxygen atoms in total. The van der Waals surface area contributed by atoms with Gasteiger partial charge in [-0.1, -0.05) is 26.3 Å². The van der Waals surface area contributed by atoms with Crippen LogP contribution in [-0.2, 0) is 48.8 Å². The lowest BCUT2D eigenvalue weighted by atomic mass is 10.1. The molecule has 1 rings (SSSR count). The average molecular weight is 611 g/mol. The first-order valence-corrected chi connectivity index (χ1v) is 17.2. The summed E-state index contributed by atoms with van der Waals surface area (Å²) < 4.78 is 105. The van der Waals surface area contributed by atoms with Crippen LogP contribution in [0.4, 0.5) is 0 Å². The minimum atomic E-state index is -3.96. The second-order valence-corrected chi connectivity index (χ2v) is 15.6. The number of ether oxygens (including phenoxy) is 2. The monoisotopic (exact) mass is 610 g/mol. The molecule has 16 heteroatoms. The summed E-state index contributed by atoms with van der Waals surface area (Å²) >= 11 is 0. The largest absolute Gasteiger partial charge is 0.457 e. The van der Waals surface area contributed by atoms with Crippen molar-refractivity contribution in [3.05, 3.63) is 83.3 Å². The van der Waals surface area contributed by atoms with Gasteiger partial charge >= 0.3 is 11.9 Å². The van der Waals surface area contributed by atoms with Gasteiger partial charge < -0.3 is 9.47 Å². The zero-order valence-electron chi connectivity index (χ0n) is 20.0. The van der Waals surface area contributed by atoms with Crippen molar-refractivity contribution in [1.82, 2.24) is 0 Å². The number of esters is 2. The highest BCUT2D eigenvalue weighted by Crippen LogP contribution is 2.14. The Morgan fingerprint density at radius 2 is 0.763 bits per heavy atom. The van der Waals surface area contributed by atoms with E-state index in [0.717, 1.165) is 24.3 Å². The molecular weight excluding hydrogens is 584 g/mol. The van der Waals surface area contributed by atoms with Crippen LogP contribution >= 0.6 is 0 Å². The maximum atomic E-state index is 12.5. The highest BCUT2D eigenvalue weighted by molar-refractivity contribution is 7.95. The fourth-order valence-electron chi connectivity index (χ4n) is 2.72. The first-order valence-electron chi connectivity index (χ1n) is 10.3. The second kappa shape index (κ2) is 13.1. The average Bonchev–Trinajstić information content (AvgIpc) is 2.83. The third-order valence-electron chi connectivity index (χ3n) is 4.59. The molecule has 210 valence electrons. The molecular formula is C22H26O12S4. The topological polar surface area (TPSA) is 189 Å². The van der Waals surface area contributed by atoms with Gasteiger partial charge in [0.15, 0.2) is 39.3 Å². The van der Waals surface area contributed by atoms with E-state index in [1.54, 1.807) is 0 Å². The summed E-state index contributed by atoms with van der Waals surface area (Å²) in [6.07, 6.45) is -3.20. The van der Waals surface area contributed by atoms with Gasteiger partial charge in [-0.25, -0.2) is 43.3 Å². The zero-order valence-corrected chi connectivity index (χ0v) is 23.2. The van der Waals surface area contributed by atoms with Gasteiger partial charge in [-0.05, 0) is 24.3 Å². The number of rotatable bonds is 16. The summed E-state index contributed by atoms with van der Waals surface area (Å²) in [7, 11) is -15.8. The predicted molar refractivity (Wildman–Crippen MR) is 141 cm³/mol. The molecule has 0 amide bonds. The number of carbonyl (C=O) groups excluding carboxylic acids is 2. The lowest BCUT2D eigenvalue weighted by molar-refractivity contribution is 0.0373. The minimum absolute atomic E-state index is 0.196. The molecule has 0 fully saturated rings. The molecule has 0 atom stereocenters. The molecule has 0 aliphatic heterocycles. The van der Waals surface area contributed by atoms with E-state index in [1.165, 1.54) is 0 Å². The molecule has 1 aromatic carbocycles.